The standard InChI is InChI=1S/C20H23NO5/c1-2-24-19(22)17-11-6-7-12-18(17)25-14-8-13-21-20(23)26-15-16-9-4-3-5-10-16/h3-7,9-12H,2,8,13-15H2,1H3,(H,21,23). The first-order chi connectivity index (χ1) is 12.7. The van der Waals surface area contributed by atoms with Crippen molar-refractivity contribution in [1.82, 2.24) is 5.32 Å². The predicted molar refractivity (Wildman–Crippen MR) is 97.1 cm³/mol. The van der Waals surface area contributed by atoms with Crippen molar-refractivity contribution >= 4 is 12.1 Å². The number of alkyl carbamates (subject to hydrolysis) is 1. The van der Waals surface area contributed by atoms with Gasteiger partial charge in [0, 0.05) is 6.54 Å². The van der Waals surface area contributed by atoms with E-state index >= 15 is 0 Å². The molecule has 2 aromatic rings. The highest BCUT2D eigenvalue weighted by molar-refractivity contribution is 5.92. The van der Waals surface area contributed by atoms with Crippen molar-refractivity contribution in [3.63, 3.8) is 0 Å². The summed E-state index contributed by atoms with van der Waals surface area (Å²) in [5, 5.41) is 2.66. The van der Waals surface area contributed by atoms with Gasteiger partial charge in [0.15, 0.2) is 0 Å². The molecule has 0 atom stereocenters. The van der Waals surface area contributed by atoms with Gasteiger partial charge in [-0.3, -0.25) is 0 Å². The van der Waals surface area contributed by atoms with Crippen LogP contribution in [0.5, 0.6) is 5.75 Å². The first-order valence-electron chi connectivity index (χ1n) is 8.54. The van der Waals surface area contributed by atoms with E-state index in [0.29, 0.717) is 37.5 Å². The average molecular weight is 357 g/mol. The van der Waals surface area contributed by atoms with Crippen LogP contribution in [-0.4, -0.2) is 31.8 Å². The number of nitrogens with one attached hydrogen (secondary N) is 1. The Morgan fingerprint density at radius 2 is 1.69 bits per heavy atom. The lowest BCUT2D eigenvalue weighted by Crippen LogP contribution is -2.26. The van der Waals surface area contributed by atoms with Gasteiger partial charge >= 0.3 is 12.1 Å². The van der Waals surface area contributed by atoms with Gasteiger partial charge in [0.1, 0.15) is 17.9 Å². The molecule has 6 heteroatoms. The molecule has 0 spiro atoms. The summed E-state index contributed by atoms with van der Waals surface area (Å²) in [5.41, 5.74) is 1.33. The van der Waals surface area contributed by atoms with E-state index < -0.39 is 12.1 Å². The maximum Gasteiger partial charge on any atom is 0.407 e. The Morgan fingerprint density at radius 3 is 2.46 bits per heavy atom. The second-order valence-electron chi connectivity index (χ2n) is 5.41. The first-order valence-corrected chi connectivity index (χ1v) is 8.54. The van der Waals surface area contributed by atoms with Crippen molar-refractivity contribution in [3.8, 4) is 5.75 Å². The summed E-state index contributed by atoms with van der Waals surface area (Å²) in [5.74, 6) is 0.0586. The SMILES string of the molecule is CCOC(=O)c1ccccc1OCCCNC(=O)OCc1ccccc1. The van der Waals surface area contributed by atoms with Gasteiger partial charge in [-0.25, -0.2) is 9.59 Å². The van der Waals surface area contributed by atoms with Crippen molar-refractivity contribution in [1.29, 1.82) is 0 Å². The number of rotatable bonds is 9. The molecule has 0 unspecified atom stereocenters. The minimum absolute atomic E-state index is 0.232. The number of para-hydroxylation sites is 1. The summed E-state index contributed by atoms with van der Waals surface area (Å²) >= 11 is 0. The molecule has 26 heavy (non-hydrogen) atoms. The minimum Gasteiger partial charge on any atom is -0.493 e. The third-order valence-corrected chi connectivity index (χ3v) is 3.44. The maximum atomic E-state index is 11.9. The first kappa shape index (κ1) is 19.3. The molecule has 1 N–H and O–H groups in total. The summed E-state index contributed by atoms with van der Waals surface area (Å²) in [4.78, 5) is 23.5. The van der Waals surface area contributed by atoms with Crippen LogP contribution in [0.2, 0.25) is 0 Å². The van der Waals surface area contributed by atoms with Crippen molar-refractivity contribution in [2.45, 2.75) is 20.0 Å². The van der Waals surface area contributed by atoms with Crippen LogP contribution in [0.25, 0.3) is 0 Å². The molecule has 0 saturated heterocycles. The van der Waals surface area contributed by atoms with Crippen LogP contribution < -0.4 is 10.1 Å². The summed E-state index contributed by atoms with van der Waals surface area (Å²) in [7, 11) is 0. The van der Waals surface area contributed by atoms with Gasteiger partial charge in [-0.2, -0.15) is 0 Å². The predicted octanol–water partition coefficient (Wildman–Crippen LogP) is 3.56. The lowest BCUT2D eigenvalue weighted by molar-refractivity contribution is 0.0521. The number of carbonyl (C=O) groups is 2. The van der Waals surface area contributed by atoms with Crippen molar-refractivity contribution < 1.29 is 23.8 Å². The Labute approximate surface area is 153 Å². The molecule has 0 aliphatic rings. The molecule has 2 aromatic carbocycles. The number of benzene rings is 2. The third-order valence-electron chi connectivity index (χ3n) is 3.44. The van der Waals surface area contributed by atoms with Crippen LogP contribution in [-0.2, 0) is 16.1 Å². The van der Waals surface area contributed by atoms with E-state index in [1.54, 1.807) is 31.2 Å². The Morgan fingerprint density at radius 1 is 0.962 bits per heavy atom. The van der Waals surface area contributed by atoms with E-state index in [0.717, 1.165) is 5.56 Å². The summed E-state index contributed by atoms with van der Waals surface area (Å²) in [6, 6.07) is 16.4. The van der Waals surface area contributed by atoms with Crippen LogP contribution in [0.3, 0.4) is 0 Å². The number of amides is 1. The lowest BCUT2D eigenvalue weighted by Gasteiger charge is -2.11. The Bertz CT molecular complexity index is 702. The van der Waals surface area contributed by atoms with Crippen LogP contribution in [0.4, 0.5) is 4.79 Å². The van der Waals surface area contributed by atoms with Gasteiger partial charge in [0.05, 0.1) is 13.2 Å². The second kappa shape index (κ2) is 10.8. The molecular weight excluding hydrogens is 334 g/mol. The Kier molecular flexibility index (Phi) is 7.99. The van der Waals surface area contributed by atoms with Gasteiger partial charge in [0.25, 0.3) is 0 Å². The fraction of sp³-hybridized carbons (Fsp3) is 0.300. The van der Waals surface area contributed by atoms with Gasteiger partial charge in [-0.05, 0) is 31.0 Å². The normalized spacial score (nSPS) is 10.0. The molecule has 1 amide bonds. The van der Waals surface area contributed by atoms with Crippen molar-refractivity contribution in [3.05, 3.63) is 65.7 Å². The zero-order chi connectivity index (χ0) is 18.6. The quantitative estimate of drug-likeness (QED) is 0.549. The minimum atomic E-state index is -0.472. The zero-order valence-electron chi connectivity index (χ0n) is 14.8. The third kappa shape index (κ3) is 6.47. The van der Waals surface area contributed by atoms with E-state index in [2.05, 4.69) is 5.32 Å². The zero-order valence-corrected chi connectivity index (χ0v) is 14.8. The number of carbonyl (C=O) groups excluding carboxylic acids is 2. The number of hydrogen-bond acceptors (Lipinski definition) is 5. The van der Waals surface area contributed by atoms with Crippen molar-refractivity contribution in [2.75, 3.05) is 19.8 Å². The van der Waals surface area contributed by atoms with E-state index in [1.165, 1.54) is 0 Å². The maximum absolute atomic E-state index is 11.9. The van der Waals surface area contributed by atoms with E-state index in [4.69, 9.17) is 14.2 Å². The van der Waals surface area contributed by atoms with Crippen LogP contribution in [0.1, 0.15) is 29.3 Å². The molecule has 0 bridgehead atoms. The summed E-state index contributed by atoms with van der Waals surface area (Å²) in [6.07, 6.45) is 0.109. The monoisotopic (exact) mass is 357 g/mol. The molecular formula is C20H23NO5. The molecule has 0 heterocycles. The van der Waals surface area contributed by atoms with Gasteiger partial charge in [-0.1, -0.05) is 42.5 Å². The molecule has 0 saturated carbocycles. The fourth-order valence-electron chi connectivity index (χ4n) is 2.19. The highest BCUT2D eigenvalue weighted by atomic mass is 16.5. The van der Waals surface area contributed by atoms with E-state index in [-0.39, 0.29) is 6.61 Å². The second-order valence-corrected chi connectivity index (χ2v) is 5.41. The number of hydrogen-bond donors (Lipinski definition) is 1. The molecule has 0 aromatic heterocycles. The van der Waals surface area contributed by atoms with Crippen molar-refractivity contribution in [2.24, 2.45) is 0 Å². The summed E-state index contributed by atoms with van der Waals surface area (Å²) in [6.45, 7) is 3.06. The van der Waals surface area contributed by atoms with Gasteiger partial charge in [0.2, 0.25) is 0 Å². The van der Waals surface area contributed by atoms with E-state index in [9.17, 15) is 9.59 Å². The van der Waals surface area contributed by atoms with Crippen LogP contribution >= 0.6 is 0 Å². The highest BCUT2D eigenvalue weighted by Gasteiger charge is 2.12. The molecule has 2 rings (SSSR count). The largest absolute Gasteiger partial charge is 0.493 e. The number of esters is 1. The average Bonchev–Trinajstić information content (AvgIpc) is 2.67. The Balaban J connectivity index is 1.66. The Hall–Kier alpha value is -3.02. The van der Waals surface area contributed by atoms with Gasteiger partial charge in [-0.15, -0.1) is 0 Å². The molecule has 0 fully saturated rings. The molecule has 6 nitrogen and oxygen atoms in total. The smallest absolute Gasteiger partial charge is 0.407 e. The van der Waals surface area contributed by atoms with E-state index in [1.807, 2.05) is 30.3 Å². The molecule has 0 radical (unpaired) electrons. The molecule has 0 aliphatic heterocycles. The van der Waals surface area contributed by atoms with Crippen LogP contribution in [0.15, 0.2) is 54.6 Å². The van der Waals surface area contributed by atoms with Gasteiger partial charge < -0.3 is 19.5 Å². The topological polar surface area (TPSA) is 73.9 Å². The summed E-state index contributed by atoms with van der Waals surface area (Å²) < 4.78 is 15.7. The fourth-order valence-corrected chi connectivity index (χ4v) is 2.19. The van der Waals surface area contributed by atoms with Crippen LogP contribution in [0, 0.1) is 0 Å². The lowest BCUT2D eigenvalue weighted by atomic mass is 10.2. The number of ether oxygens (including phenoxy) is 3. The molecule has 0 aliphatic carbocycles. The highest BCUT2D eigenvalue weighted by Crippen LogP contribution is 2.19. The molecule has 138 valence electrons.